The molecule has 0 amide bonds. The molecule has 1 N–H and O–H groups in total. The molecule has 0 aromatic rings. The predicted octanol–water partition coefficient (Wildman–Crippen LogP) is 0.608. The third-order valence-electron chi connectivity index (χ3n) is 1.73. The molecule has 0 aromatic carbocycles. The lowest BCUT2D eigenvalue weighted by molar-refractivity contribution is -0.148. The van der Waals surface area contributed by atoms with Crippen LogP contribution in [0.15, 0.2) is 0 Å². The van der Waals surface area contributed by atoms with Gasteiger partial charge in [0.05, 0.1) is 18.5 Å². The Morgan fingerprint density at radius 1 is 1.77 bits per heavy atom. The number of thioether (sulfide) groups is 1. The van der Waals surface area contributed by atoms with Gasteiger partial charge in [0, 0.05) is 12.4 Å². The number of aliphatic carboxylic acids is 1. The Kier molecular flexibility index (Phi) is 4.55. The smallest absolute Gasteiger partial charge is 0.333 e. The first kappa shape index (κ1) is 10.8. The Bertz CT molecular complexity index is 170. The number of carboxylic acid groups (broad SMARTS) is 1. The zero-order chi connectivity index (χ0) is 9.68. The van der Waals surface area contributed by atoms with Gasteiger partial charge in [-0.1, -0.05) is 0 Å². The van der Waals surface area contributed by atoms with E-state index in [0.717, 1.165) is 13.2 Å². The van der Waals surface area contributed by atoms with E-state index in [9.17, 15) is 4.79 Å². The second-order valence-electron chi connectivity index (χ2n) is 2.78. The molecule has 1 heterocycles. The molecule has 4 nitrogen and oxygen atoms in total. The van der Waals surface area contributed by atoms with Crippen molar-refractivity contribution in [1.82, 2.24) is 0 Å². The molecule has 0 radical (unpaired) electrons. The average molecular weight is 206 g/mol. The minimum atomic E-state index is -0.880. The summed E-state index contributed by atoms with van der Waals surface area (Å²) in [6.45, 7) is 3.72. The highest BCUT2D eigenvalue weighted by atomic mass is 32.2. The monoisotopic (exact) mass is 206 g/mol. The summed E-state index contributed by atoms with van der Waals surface area (Å²) in [6.07, 6.45) is -0.671. The SMILES string of the molecule is CCOC(CSC1COC1)C(=O)O. The van der Waals surface area contributed by atoms with E-state index in [-0.39, 0.29) is 0 Å². The van der Waals surface area contributed by atoms with Gasteiger partial charge in [-0.05, 0) is 6.92 Å². The lowest BCUT2D eigenvalue weighted by Crippen LogP contribution is -2.34. The number of carboxylic acids is 1. The van der Waals surface area contributed by atoms with Crippen LogP contribution in [0.5, 0.6) is 0 Å². The molecule has 1 aliphatic rings. The summed E-state index contributed by atoms with van der Waals surface area (Å²) in [6, 6.07) is 0. The van der Waals surface area contributed by atoms with E-state index in [1.807, 2.05) is 0 Å². The molecule has 0 aromatic heterocycles. The van der Waals surface area contributed by atoms with Crippen molar-refractivity contribution in [2.45, 2.75) is 18.3 Å². The Balaban J connectivity index is 2.16. The third kappa shape index (κ3) is 3.54. The molecule has 1 aliphatic heterocycles. The predicted molar refractivity (Wildman–Crippen MR) is 50.1 cm³/mol. The Morgan fingerprint density at radius 2 is 2.46 bits per heavy atom. The van der Waals surface area contributed by atoms with E-state index in [1.54, 1.807) is 18.7 Å². The van der Waals surface area contributed by atoms with E-state index < -0.39 is 12.1 Å². The summed E-state index contributed by atoms with van der Waals surface area (Å²) < 4.78 is 10.0. The van der Waals surface area contributed by atoms with Crippen LogP contribution in [0.4, 0.5) is 0 Å². The first-order valence-corrected chi connectivity index (χ1v) is 5.32. The zero-order valence-corrected chi connectivity index (χ0v) is 8.38. The fourth-order valence-electron chi connectivity index (χ4n) is 0.926. The van der Waals surface area contributed by atoms with Crippen LogP contribution in [0, 0.1) is 0 Å². The first-order chi connectivity index (χ1) is 6.24. The molecule has 1 atom stereocenters. The van der Waals surface area contributed by atoms with Gasteiger partial charge < -0.3 is 14.6 Å². The van der Waals surface area contributed by atoms with Crippen LogP contribution in [0.2, 0.25) is 0 Å². The maximum absolute atomic E-state index is 10.6. The second-order valence-corrected chi connectivity index (χ2v) is 4.11. The number of hydrogen-bond acceptors (Lipinski definition) is 4. The highest BCUT2D eigenvalue weighted by molar-refractivity contribution is 8.00. The second kappa shape index (κ2) is 5.47. The summed E-state index contributed by atoms with van der Waals surface area (Å²) in [5, 5.41) is 9.20. The molecule has 1 fully saturated rings. The van der Waals surface area contributed by atoms with Crippen molar-refractivity contribution in [3.63, 3.8) is 0 Å². The van der Waals surface area contributed by atoms with E-state index in [2.05, 4.69) is 0 Å². The molecule has 1 saturated heterocycles. The molecule has 1 rings (SSSR count). The standard InChI is InChI=1S/C8H14O4S/c1-2-12-7(8(9)10)5-13-6-3-11-4-6/h6-7H,2-5H2,1H3,(H,9,10). The van der Waals surface area contributed by atoms with Crippen molar-refractivity contribution >= 4 is 17.7 Å². The molecular weight excluding hydrogens is 192 g/mol. The van der Waals surface area contributed by atoms with Crippen molar-refractivity contribution in [1.29, 1.82) is 0 Å². The minimum absolute atomic E-state index is 0.443. The molecule has 0 bridgehead atoms. The summed E-state index contributed by atoms with van der Waals surface area (Å²) >= 11 is 1.61. The summed E-state index contributed by atoms with van der Waals surface area (Å²) in [7, 11) is 0. The molecule has 13 heavy (non-hydrogen) atoms. The maximum Gasteiger partial charge on any atom is 0.333 e. The van der Waals surface area contributed by atoms with Crippen molar-refractivity contribution in [2.75, 3.05) is 25.6 Å². The van der Waals surface area contributed by atoms with Gasteiger partial charge in [-0.2, -0.15) is 11.8 Å². The van der Waals surface area contributed by atoms with Gasteiger partial charge in [-0.15, -0.1) is 0 Å². The Hall–Kier alpha value is -0.260. The van der Waals surface area contributed by atoms with Crippen LogP contribution in [-0.2, 0) is 14.3 Å². The number of hydrogen-bond donors (Lipinski definition) is 1. The number of carbonyl (C=O) groups is 1. The lowest BCUT2D eigenvalue weighted by Gasteiger charge is -2.26. The molecule has 0 spiro atoms. The molecule has 0 saturated carbocycles. The molecule has 1 unspecified atom stereocenters. The van der Waals surface area contributed by atoms with Crippen LogP contribution < -0.4 is 0 Å². The Labute approximate surface area is 81.6 Å². The van der Waals surface area contributed by atoms with E-state index >= 15 is 0 Å². The first-order valence-electron chi connectivity index (χ1n) is 4.27. The molecule has 5 heteroatoms. The van der Waals surface area contributed by atoms with Crippen molar-refractivity contribution in [3.8, 4) is 0 Å². The summed E-state index contributed by atoms with van der Waals surface area (Å²) in [4.78, 5) is 10.6. The third-order valence-corrected chi connectivity index (χ3v) is 2.97. The fourth-order valence-corrected chi connectivity index (χ4v) is 2.00. The van der Waals surface area contributed by atoms with Crippen LogP contribution in [0.3, 0.4) is 0 Å². The van der Waals surface area contributed by atoms with Gasteiger partial charge in [-0.25, -0.2) is 4.79 Å². The van der Waals surface area contributed by atoms with Crippen LogP contribution in [-0.4, -0.2) is 48.0 Å². The Morgan fingerprint density at radius 3 is 2.85 bits per heavy atom. The quantitative estimate of drug-likeness (QED) is 0.690. The van der Waals surface area contributed by atoms with Gasteiger partial charge in [-0.3, -0.25) is 0 Å². The van der Waals surface area contributed by atoms with Crippen LogP contribution >= 0.6 is 11.8 Å². The van der Waals surface area contributed by atoms with Crippen LogP contribution in [0.25, 0.3) is 0 Å². The van der Waals surface area contributed by atoms with E-state index in [4.69, 9.17) is 14.6 Å². The number of rotatable bonds is 6. The summed E-state index contributed by atoms with van der Waals surface area (Å²) in [5.74, 6) is -0.369. The van der Waals surface area contributed by atoms with Gasteiger partial charge in [0.1, 0.15) is 0 Å². The molecule has 0 aliphatic carbocycles. The normalized spacial score (nSPS) is 19.5. The highest BCUT2D eigenvalue weighted by Gasteiger charge is 2.23. The van der Waals surface area contributed by atoms with E-state index in [1.165, 1.54) is 0 Å². The molecule has 76 valence electrons. The zero-order valence-electron chi connectivity index (χ0n) is 7.56. The van der Waals surface area contributed by atoms with Gasteiger partial charge in [0.25, 0.3) is 0 Å². The fraction of sp³-hybridized carbons (Fsp3) is 0.875. The highest BCUT2D eigenvalue weighted by Crippen LogP contribution is 2.20. The van der Waals surface area contributed by atoms with Crippen molar-refractivity contribution < 1.29 is 19.4 Å². The molecular formula is C8H14O4S. The summed E-state index contributed by atoms with van der Waals surface area (Å²) in [5.41, 5.74) is 0. The van der Waals surface area contributed by atoms with Gasteiger partial charge in [0.2, 0.25) is 0 Å². The lowest BCUT2D eigenvalue weighted by atomic mass is 10.4. The number of ether oxygens (including phenoxy) is 2. The van der Waals surface area contributed by atoms with E-state index in [0.29, 0.717) is 17.6 Å². The maximum atomic E-state index is 10.6. The van der Waals surface area contributed by atoms with Gasteiger partial charge in [0.15, 0.2) is 6.10 Å². The largest absolute Gasteiger partial charge is 0.479 e. The topological polar surface area (TPSA) is 55.8 Å². The average Bonchev–Trinajstić information content (AvgIpc) is 1.99. The van der Waals surface area contributed by atoms with Gasteiger partial charge >= 0.3 is 5.97 Å². The minimum Gasteiger partial charge on any atom is -0.479 e. The van der Waals surface area contributed by atoms with Crippen LogP contribution in [0.1, 0.15) is 6.92 Å². The van der Waals surface area contributed by atoms with Crippen molar-refractivity contribution in [2.24, 2.45) is 0 Å². The van der Waals surface area contributed by atoms with Crippen molar-refractivity contribution in [3.05, 3.63) is 0 Å².